The average Bonchev–Trinajstić information content (AvgIpc) is 2.75. The normalized spacial score (nSPS) is 12.6. The number of fused-ring (bicyclic) bond motifs is 1. The Morgan fingerprint density at radius 1 is 0.900 bits per heavy atom. The zero-order valence-electron chi connectivity index (χ0n) is 17.7. The van der Waals surface area contributed by atoms with Gasteiger partial charge < -0.3 is 10.0 Å². The summed E-state index contributed by atoms with van der Waals surface area (Å²) >= 11 is 12.4. The fourth-order valence-electron chi connectivity index (χ4n) is 3.66. The second-order valence-corrected chi connectivity index (χ2v) is 8.67. The van der Waals surface area contributed by atoms with Crippen molar-refractivity contribution in [1.29, 1.82) is 0 Å². The summed E-state index contributed by atoms with van der Waals surface area (Å²) < 4.78 is 0. The SMILES string of the molecule is CCCCN(CCCC)CC(O)c1cc(Cl)cc2ccc(-c3ccc(Cl)cc3)nc12. The van der Waals surface area contributed by atoms with Crippen molar-refractivity contribution in [3.8, 4) is 11.3 Å². The van der Waals surface area contributed by atoms with Crippen molar-refractivity contribution in [2.45, 2.75) is 45.6 Å². The molecule has 3 aromatic rings. The molecule has 2 aromatic carbocycles. The van der Waals surface area contributed by atoms with Crippen LogP contribution >= 0.6 is 23.2 Å². The molecule has 5 heteroatoms. The van der Waals surface area contributed by atoms with Crippen LogP contribution in [0.4, 0.5) is 0 Å². The first kappa shape index (κ1) is 23.0. The summed E-state index contributed by atoms with van der Waals surface area (Å²) in [4.78, 5) is 7.24. The van der Waals surface area contributed by atoms with E-state index >= 15 is 0 Å². The number of benzene rings is 2. The van der Waals surface area contributed by atoms with E-state index in [1.165, 1.54) is 0 Å². The Labute approximate surface area is 189 Å². The number of aliphatic hydroxyl groups excluding tert-OH is 1. The maximum absolute atomic E-state index is 11.2. The van der Waals surface area contributed by atoms with Gasteiger partial charge in [-0.3, -0.25) is 0 Å². The molecule has 0 saturated heterocycles. The van der Waals surface area contributed by atoms with Crippen LogP contribution in [-0.4, -0.2) is 34.6 Å². The van der Waals surface area contributed by atoms with Gasteiger partial charge >= 0.3 is 0 Å². The predicted molar refractivity (Wildman–Crippen MR) is 128 cm³/mol. The summed E-state index contributed by atoms with van der Waals surface area (Å²) in [6, 6.07) is 15.4. The lowest BCUT2D eigenvalue weighted by molar-refractivity contribution is 0.112. The van der Waals surface area contributed by atoms with Gasteiger partial charge in [-0.05, 0) is 56.3 Å². The van der Waals surface area contributed by atoms with Crippen LogP contribution in [0.25, 0.3) is 22.2 Å². The van der Waals surface area contributed by atoms with E-state index in [0.29, 0.717) is 16.6 Å². The lowest BCUT2D eigenvalue weighted by atomic mass is 10.0. The number of hydrogen-bond acceptors (Lipinski definition) is 3. The van der Waals surface area contributed by atoms with Gasteiger partial charge in [-0.25, -0.2) is 4.98 Å². The van der Waals surface area contributed by atoms with E-state index in [1.54, 1.807) is 0 Å². The van der Waals surface area contributed by atoms with Gasteiger partial charge in [-0.15, -0.1) is 0 Å². The topological polar surface area (TPSA) is 36.4 Å². The molecule has 1 unspecified atom stereocenters. The summed E-state index contributed by atoms with van der Waals surface area (Å²) in [7, 11) is 0. The highest BCUT2D eigenvalue weighted by Crippen LogP contribution is 2.30. The summed E-state index contributed by atoms with van der Waals surface area (Å²) in [5, 5.41) is 13.4. The third kappa shape index (κ3) is 5.95. The van der Waals surface area contributed by atoms with Crippen LogP contribution in [0.15, 0.2) is 48.5 Å². The second kappa shape index (κ2) is 11.1. The van der Waals surface area contributed by atoms with Gasteiger partial charge in [0.05, 0.1) is 17.3 Å². The molecular weight excluding hydrogens is 415 g/mol. The van der Waals surface area contributed by atoms with E-state index in [2.05, 4.69) is 18.7 Å². The molecule has 1 heterocycles. The minimum absolute atomic E-state index is 0.586. The predicted octanol–water partition coefficient (Wildman–Crippen LogP) is 7.14. The number of aliphatic hydroxyl groups is 1. The van der Waals surface area contributed by atoms with E-state index < -0.39 is 6.10 Å². The summed E-state index contributed by atoms with van der Waals surface area (Å²) in [6.07, 6.45) is 3.90. The third-order valence-corrected chi connectivity index (χ3v) is 5.84. The Bertz CT molecular complexity index is 951. The Kier molecular flexibility index (Phi) is 8.52. The molecule has 0 spiro atoms. The molecule has 0 radical (unpaired) electrons. The first-order chi connectivity index (χ1) is 14.5. The minimum Gasteiger partial charge on any atom is -0.387 e. The molecule has 0 aliphatic carbocycles. The standard InChI is InChI=1S/C25H30Cl2N2O/c1-3-5-13-29(14-6-4-2)17-24(30)22-16-21(27)15-19-9-12-23(28-25(19)22)18-7-10-20(26)11-8-18/h7-12,15-16,24,30H,3-6,13-14,17H2,1-2H3. The Balaban J connectivity index is 1.94. The highest BCUT2D eigenvalue weighted by molar-refractivity contribution is 6.31. The van der Waals surface area contributed by atoms with Gasteiger partial charge in [0.1, 0.15) is 0 Å². The van der Waals surface area contributed by atoms with E-state index in [1.807, 2.05) is 48.5 Å². The smallest absolute Gasteiger partial charge is 0.0938 e. The molecule has 160 valence electrons. The van der Waals surface area contributed by atoms with Crippen molar-refractivity contribution < 1.29 is 5.11 Å². The van der Waals surface area contributed by atoms with Gasteiger partial charge in [0, 0.05) is 33.1 Å². The number of rotatable bonds is 10. The van der Waals surface area contributed by atoms with Crippen molar-refractivity contribution in [3.05, 3.63) is 64.1 Å². The van der Waals surface area contributed by atoms with E-state index in [-0.39, 0.29) is 0 Å². The lowest BCUT2D eigenvalue weighted by Crippen LogP contribution is -2.31. The first-order valence-electron chi connectivity index (χ1n) is 10.8. The molecule has 0 amide bonds. The molecule has 3 nitrogen and oxygen atoms in total. The number of aromatic nitrogens is 1. The summed E-state index contributed by atoms with van der Waals surface area (Å²) in [5.74, 6) is 0. The fourth-order valence-corrected chi connectivity index (χ4v) is 4.02. The molecule has 1 aromatic heterocycles. The number of nitrogens with zero attached hydrogens (tertiary/aromatic N) is 2. The highest BCUT2D eigenvalue weighted by atomic mass is 35.5. The zero-order chi connectivity index (χ0) is 21.5. The van der Waals surface area contributed by atoms with Crippen LogP contribution in [0.5, 0.6) is 0 Å². The van der Waals surface area contributed by atoms with E-state index in [4.69, 9.17) is 28.2 Å². The van der Waals surface area contributed by atoms with Crippen LogP contribution in [0.3, 0.4) is 0 Å². The Hall–Kier alpha value is -1.65. The number of hydrogen-bond donors (Lipinski definition) is 1. The molecule has 0 fully saturated rings. The maximum atomic E-state index is 11.2. The van der Waals surface area contributed by atoms with Crippen molar-refractivity contribution >= 4 is 34.1 Å². The van der Waals surface area contributed by atoms with Crippen LogP contribution in [0, 0.1) is 0 Å². The lowest BCUT2D eigenvalue weighted by Gasteiger charge is -2.25. The Morgan fingerprint density at radius 2 is 1.57 bits per heavy atom. The highest BCUT2D eigenvalue weighted by Gasteiger charge is 2.18. The zero-order valence-corrected chi connectivity index (χ0v) is 19.3. The van der Waals surface area contributed by atoms with E-state index in [0.717, 1.165) is 66.5 Å². The van der Waals surface area contributed by atoms with Crippen molar-refractivity contribution in [2.24, 2.45) is 0 Å². The van der Waals surface area contributed by atoms with E-state index in [9.17, 15) is 5.11 Å². The molecular formula is C25H30Cl2N2O. The van der Waals surface area contributed by atoms with Crippen molar-refractivity contribution in [1.82, 2.24) is 9.88 Å². The molecule has 1 N–H and O–H groups in total. The van der Waals surface area contributed by atoms with Crippen LogP contribution < -0.4 is 0 Å². The molecule has 1 atom stereocenters. The molecule has 0 aliphatic rings. The minimum atomic E-state index is -0.645. The van der Waals surface area contributed by atoms with Gasteiger partial charge in [-0.2, -0.15) is 0 Å². The van der Waals surface area contributed by atoms with Gasteiger partial charge in [0.2, 0.25) is 0 Å². The van der Waals surface area contributed by atoms with Crippen LogP contribution in [0.1, 0.15) is 51.2 Å². The first-order valence-corrected chi connectivity index (χ1v) is 11.5. The number of pyridine rings is 1. The van der Waals surface area contributed by atoms with Gasteiger partial charge in [-0.1, -0.05) is 68.1 Å². The number of unbranched alkanes of at least 4 members (excludes halogenated alkanes) is 2. The maximum Gasteiger partial charge on any atom is 0.0938 e. The molecule has 0 aliphatic heterocycles. The third-order valence-electron chi connectivity index (χ3n) is 5.37. The van der Waals surface area contributed by atoms with Crippen molar-refractivity contribution in [3.63, 3.8) is 0 Å². The Morgan fingerprint density at radius 3 is 2.20 bits per heavy atom. The summed E-state index contributed by atoms with van der Waals surface area (Å²) in [6.45, 7) is 6.97. The fraction of sp³-hybridized carbons (Fsp3) is 0.400. The largest absolute Gasteiger partial charge is 0.387 e. The number of halogens is 2. The molecule has 0 saturated carbocycles. The van der Waals surface area contributed by atoms with Crippen LogP contribution in [0.2, 0.25) is 10.0 Å². The van der Waals surface area contributed by atoms with Crippen molar-refractivity contribution in [2.75, 3.05) is 19.6 Å². The monoisotopic (exact) mass is 444 g/mol. The molecule has 0 bridgehead atoms. The quantitative estimate of drug-likeness (QED) is 0.360. The molecule has 30 heavy (non-hydrogen) atoms. The summed E-state index contributed by atoms with van der Waals surface area (Å²) in [5.41, 5.74) is 3.42. The average molecular weight is 445 g/mol. The van der Waals surface area contributed by atoms with Crippen LogP contribution in [-0.2, 0) is 0 Å². The van der Waals surface area contributed by atoms with Gasteiger partial charge in [0.15, 0.2) is 0 Å². The second-order valence-electron chi connectivity index (χ2n) is 7.79. The molecule has 3 rings (SSSR count). The van der Waals surface area contributed by atoms with Gasteiger partial charge in [0.25, 0.3) is 0 Å².